The highest BCUT2D eigenvalue weighted by Crippen LogP contribution is 2.07. The molecule has 0 radical (unpaired) electrons. The highest BCUT2D eigenvalue weighted by atomic mass is 14.8. The summed E-state index contributed by atoms with van der Waals surface area (Å²) in [6.45, 7) is 7.31. The molecule has 12 N–H and O–H groups in total. The van der Waals surface area contributed by atoms with E-state index in [0.29, 0.717) is 39.3 Å². The summed E-state index contributed by atoms with van der Waals surface area (Å²) in [4.78, 5) is 0. The molecule has 0 bridgehead atoms. The van der Waals surface area contributed by atoms with Gasteiger partial charge in [0.05, 0.1) is 0 Å². The molecule has 0 aromatic heterocycles. The third kappa shape index (κ3) is 7.10. The predicted octanol–water partition coefficient (Wildman–Crippen LogP) is -2.26. The number of nitrogens with two attached hydrogens (primary N) is 6. The average Bonchev–Trinajstić information content (AvgIpc) is 2.34. The Labute approximate surface area is 99.1 Å². The van der Waals surface area contributed by atoms with Crippen LogP contribution in [0.1, 0.15) is 13.8 Å². The maximum absolute atomic E-state index is 5.40. The van der Waals surface area contributed by atoms with Crippen LogP contribution in [0.5, 0.6) is 0 Å². The van der Waals surface area contributed by atoms with Gasteiger partial charge in [0.25, 0.3) is 0 Å². The molecule has 6 heteroatoms. The lowest BCUT2D eigenvalue weighted by molar-refractivity contribution is 0.333. The molecule has 0 saturated carbocycles. The van der Waals surface area contributed by atoms with E-state index in [2.05, 4.69) is 0 Å². The van der Waals surface area contributed by atoms with E-state index >= 15 is 0 Å². The van der Waals surface area contributed by atoms with E-state index in [1.165, 1.54) is 0 Å². The summed E-state index contributed by atoms with van der Waals surface area (Å²) in [5.41, 5.74) is 32.2. The molecule has 0 heterocycles. The normalized spacial score (nSPS) is 12.0. The van der Waals surface area contributed by atoms with E-state index in [1.807, 2.05) is 13.8 Å². The fourth-order valence-corrected chi connectivity index (χ4v) is 0.583. The van der Waals surface area contributed by atoms with Gasteiger partial charge in [-0.25, -0.2) is 0 Å². The molecule has 0 saturated heterocycles. The molecular formula is C10H30N6. The smallest absolute Gasteiger partial charge is 0.0193 e. The molecule has 0 atom stereocenters. The van der Waals surface area contributed by atoms with Crippen LogP contribution in [0.15, 0.2) is 0 Å². The van der Waals surface area contributed by atoms with Crippen LogP contribution in [0, 0.1) is 10.8 Å². The quantitative estimate of drug-likeness (QED) is 0.304. The van der Waals surface area contributed by atoms with Crippen LogP contribution < -0.4 is 34.4 Å². The van der Waals surface area contributed by atoms with Gasteiger partial charge in [-0.2, -0.15) is 0 Å². The van der Waals surface area contributed by atoms with Gasteiger partial charge in [-0.05, 0) is 18.5 Å². The zero-order chi connectivity index (χ0) is 13.2. The van der Waals surface area contributed by atoms with Crippen molar-refractivity contribution in [1.82, 2.24) is 0 Å². The van der Waals surface area contributed by atoms with Gasteiger partial charge in [0, 0.05) is 31.6 Å². The van der Waals surface area contributed by atoms with Gasteiger partial charge in [0.1, 0.15) is 0 Å². The van der Waals surface area contributed by atoms with Crippen molar-refractivity contribution in [3.8, 4) is 0 Å². The predicted molar refractivity (Wildman–Crippen MR) is 70.5 cm³/mol. The number of rotatable bonds is 6. The minimum atomic E-state index is -0.222. The highest BCUT2D eigenvalue weighted by molar-refractivity contribution is 4.82. The van der Waals surface area contributed by atoms with E-state index in [1.54, 1.807) is 0 Å². The van der Waals surface area contributed by atoms with Crippen molar-refractivity contribution in [1.29, 1.82) is 0 Å². The van der Waals surface area contributed by atoms with E-state index < -0.39 is 0 Å². The second kappa shape index (κ2) is 8.86. The minimum Gasteiger partial charge on any atom is -0.330 e. The molecule has 6 nitrogen and oxygen atoms in total. The summed E-state index contributed by atoms with van der Waals surface area (Å²) in [6, 6.07) is 0. The van der Waals surface area contributed by atoms with Crippen molar-refractivity contribution < 1.29 is 0 Å². The lowest BCUT2D eigenvalue weighted by Crippen LogP contribution is -2.49. The number of hydrogen-bond acceptors (Lipinski definition) is 6. The van der Waals surface area contributed by atoms with Crippen LogP contribution in [0.3, 0.4) is 0 Å². The van der Waals surface area contributed by atoms with Crippen LogP contribution in [-0.4, -0.2) is 39.3 Å². The van der Waals surface area contributed by atoms with Crippen molar-refractivity contribution in [2.75, 3.05) is 39.3 Å². The molecule has 0 rings (SSSR count). The molecule has 0 aliphatic carbocycles. The molecule has 0 amide bonds. The maximum Gasteiger partial charge on any atom is 0.0193 e. The topological polar surface area (TPSA) is 156 Å². The van der Waals surface area contributed by atoms with Crippen LogP contribution >= 0.6 is 0 Å². The number of hydrogen-bond donors (Lipinski definition) is 6. The first kappa shape index (κ1) is 18.1. The van der Waals surface area contributed by atoms with Crippen molar-refractivity contribution >= 4 is 0 Å². The highest BCUT2D eigenvalue weighted by Gasteiger charge is 2.22. The zero-order valence-electron chi connectivity index (χ0n) is 10.7. The van der Waals surface area contributed by atoms with Gasteiger partial charge >= 0.3 is 0 Å². The van der Waals surface area contributed by atoms with Crippen molar-refractivity contribution in [3.63, 3.8) is 0 Å². The monoisotopic (exact) mass is 234 g/mol. The van der Waals surface area contributed by atoms with Crippen LogP contribution in [0.4, 0.5) is 0 Å². The fourth-order valence-electron chi connectivity index (χ4n) is 0.583. The van der Waals surface area contributed by atoms with Crippen molar-refractivity contribution in [2.45, 2.75) is 13.8 Å². The molecule has 0 aromatic rings. The first-order chi connectivity index (χ1) is 7.36. The van der Waals surface area contributed by atoms with Crippen LogP contribution in [-0.2, 0) is 0 Å². The van der Waals surface area contributed by atoms with E-state index in [-0.39, 0.29) is 10.8 Å². The summed E-state index contributed by atoms with van der Waals surface area (Å²) in [6.07, 6.45) is 0. The SMILES string of the molecule is CC(C)(CN)CN.NCC(CN)(CN)CN. The van der Waals surface area contributed by atoms with Gasteiger partial charge in [-0.3, -0.25) is 0 Å². The lowest BCUT2D eigenvalue weighted by Gasteiger charge is -2.26. The Bertz CT molecular complexity index is 132. The molecule has 16 heavy (non-hydrogen) atoms. The third-order valence-corrected chi connectivity index (χ3v) is 2.84. The van der Waals surface area contributed by atoms with Crippen molar-refractivity contribution in [2.24, 2.45) is 45.2 Å². The first-order valence-electron chi connectivity index (χ1n) is 5.57. The molecule has 0 aromatic carbocycles. The molecule has 0 fully saturated rings. The summed E-state index contributed by atoms with van der Waals surface area (Å²) >= 11 is 0. The standard InChI is InChI=1S/C5H16N4.C5H14N2/c6-1-5(2-7,3-8)4-9;1-5(2,3-6)4-7/h1-4,6-9H2;3-4,6-7H2,1-2H3. The van der Waals surface area contributed by atoms with Gasteiger partial charge in [-0.1, -0.05) is 13.8 Å². The Hall–Kier alpha value is -0.240. The Morgan fingerprint density at radius 3 is 0.812 bits per heavy atom. The maximum atomic E-state index is 5.40. The Morgan fingerprint density at radius 1 is 0.562 bits per heavy atom. The van der Waals surface area contributed by atoms with E-state index in [0.717, 1.165) is 0 Å². The third-order valence-electron chi connectivity index (χ3n) is 2.84. The minimum absolute atomic E-state index is 0.139. The second-order valence-corrected chi connectivity index (χ2v) is 4.89. The first-order valence-corrected chi connectivity index (χ1v) is 5.57. The summed E-state index contributed by atoms with van der Waals surface area (Å²) in [5, 5.41) is 0. The zero-order valence-corrected chi connectivity index (χ0v) is 10.7. The van der Waals surface area contributed by atoms with Gasteiger partial charge in [-0.15, -0.1) is 0 Å². The summed E-state index contributed by atoms with van der Waals surface area (Å²) in [7, 11) is 0. The van der Waals surface area contributed by atoms with E-state index in [4.69, 9.17) is 34.4 Å². The van der Waals surface area contributed by atoms with Gasteiger partial charge in [0.2, 0.25) is 0 Å². The largest absolute Gasteiger partial charge is 0.330 e. The molecule has 0 aliphatic rings. The summed E-state index contributed by atoms with van der Waals surface area (Å²) < 4.78 is 0. The molecule has 0 aliphatic heterocycles. The summed E-state index contributed by atoms with van der Waals surface area (Å²) in [5.74, 6) is 0. The molecular weight excluding hydrogens is 204 g/mol. The fraction of sp³-hybridized carbons (Fsp3) is 1.00. The molecule has 0 unspecified atom stereocenters. The second-order valence-electron chi connectivity index (χ2n) is 4.89. The van der Waals surface area contributed by atoms with Crippen molar-refractivity contribution in [3.05, 3.63) is 0 Å². The molecule has 0 spiro atoms. The molecule has 100 valence electrons. The van der Waals surface area contributed by atoms with Crippen LogP contribution in [0.2, 0.25) is 0 Å². The Balaban J connectivity index is 0. The van der Waals surface area contributed by atoms with Crippen LogP contribution in [0.25, 0.3) is 0 Å². The van der Waals surface area contributed by atoms with Gasteiger partial charge < -0.3 is 34.4 Å². The Morgan fingerprint density at radius 2 is 0.812 bits per heavy atom. The lowest BCUT2D eigenvalue weighted by atomic mass is 9.89. The van der Waals surface area contributed by atoms with Gasteiger partial charge in [0.15, 0.2) is 0 Å². The average molecular weight is 234 g/mol. The van der Waals surface area contributed by atoms with E-state index in [9.17, 15) is 0 Å². The Kier molecular flexibility index (Phi) is 10.0.